The van der Waals surface area contributed by atoms with Crippen molar-refractivity contribution in [2.24, 2.45) is 0 Å². The predicted octanol–water partition coefficient (Wildman–Crippen LogP) is 3.41. The number of anilines is 3. The first kappa shape index (κ1) is 14.8. The number of hydrogen-bond acceptors (Lipinski definition) is 5. The second kappa shape index (κ2) is 5.80. The van der Waals surface area contributed by atoms with Crippen LogP contribution in [0.25, 0.3) is 0 Å². The van der Waals surface area contributed by atoms with E-state index in [2.05, 4.69) is 21.4 Å². The smallest absolute Gasteiger partial charge is 0.139 e. The highest BCUT2D eigenvalue weighted by molar-refractivity contribution is 5.67. The molecule has 1 heterocycles. The van der Waals surface area contributed by atoms with Gasteiger partial charge in [-0.2, -0.15) is 5.26 Å². The third kappa shape index (κ3) is 3.11. The monoisotopic (exact) mass is 281 g/mol. The quantitative estimate of drug-likeness (QED) is 0.900. The van der Waals surface area contributed by atoms with Crippen LogP contribution < -0.4 is 11.1 Å². The number of hydrogen-bond donors (Lipinski definition) is 2. The molecular weight excluding hydrogens is 262 g/mol. The van der Waals surface area contributed by atoms with Crippen LogP contribution in [0.4, 0.5) is 17.3 Å². The summed E-state index contributed by atoms with van der Waals surface area (Å²) in [5.41, 5.74) is 9.26. The van der Waals surface area contributed by atoms with Gasteiger partial charge < -0.3 is 11.1 Å². The maximum atomic E-state index is 9.01. The van der Waals surface area contributed by atoms with E-state index in [1.54, 1.807) is 6.07 Å². The van der Waals surface area contributed by atoms with Gasteiger partial charge in [0, 0.05) is 17.2 Å². The summed E-state index contributed by atoms with van der Waals surface area (Å²) in [6.45, 7) is 7.91. The average Bonchev–Trinajstić information content (AvgIpc) is 2.45. The minimum atomic E-state index is 0.194. The van der Waals surface area contributed by atoms with Gasteiger partial charge in [0.05, 0.1) is 11.6 Å². The lowest BCUT2D eigenvalue weighted by Gasteiger charge is -2.15. The van der Waals surface area contributed by atoms with Crippen LogP contribution in [-0.2, 0) is 0 Å². The van der Waals surface area contributed by atoms with Crippen LogP contribution in [0.15, 0.2) is 18.2 Å². The van der Waals surface area contributed by atoms with Crippen molar-refractivity contribution in [3.63, 3.8) is 0 Å². The fraction of sp³-hybridized carbons (Fsp3) is 0.312. The highest BCUT2D eigenvalue weighted by atomic mass is 15.1. The Morgan fingerprint density at radius 2 is 1.95 bits per heavy atom. The Bertz CT molecular complexity index is 713. The summed E-state index contributed by atoms with van der Waals surface area (Å²) in [6, 6.07) is 7.65. The van der Waals surface area contributed by atoms with E-state index in [0.717, 1.165) is 16.8 Å². The fourth-order valence-electron chi connectivity index (χ4n) is 1.89. The Labute approximate surface area is 124 Å². The summed E-state index contributed by atoms with van der Waals surface area (Å²) in [4.78, 5) is 8.84. The molecule has 0 aliphatic carbocycles. The molecule has 0 spiro atoms. The average molecular weight is 281 g/mol. The molecule has 2 rings (SSSR count). The molecule has 1 aromatic heterocycles. The Hall–Kier alpha value is -2.61. The zero-order chi connectivity index (χ0) is 15.6. The highest BCUT2D eigenvalue weighted by Gasteiger charge is 2.12. The lowest BCUT2D eigenvalue weighted by Crippen LogP contribution is -2.08. The number of nitrogens with one attached hydrogen (secondary N) is 1. The van der Waals surface area contributed by atoms with Crippen LogP contribution >= 0.6 is 0 Å². The zero-order valence-electron chi connectivity index (χ0n) is 12.7. The number of nitrogens with zero attached hydrogens (tertiary/aromatic N) is 3. The molecule has 3 N–H and O–H groups in total. The summed E-state index contributed by atoms with van der Waals surface area (Å²) >= 11 is 0. The van der Waals surface area contributed by atoms with Crippen molar-refractivity contribution < 1.29 is 0 Å². The molecule has 2 aromatic rings. The lowest BCUT2D eigenvalue weighted by atomic mass is 10.1. The molecule has 0 fully saturated rings. The molecular formula is C16H19N5. The molecule has 0 unspecified atom stereocenters. The van der Waals surface area contributed by atoms with E-state index in [0.29, 0.717) is 23.0 Å². The van der Waals surface area contributed by atoms with Gasteiger partial charge in [0.25, 0.3) is 0 Å². The van der Waals surface area contributed by atoms with E-state index < -0.39 is 0 Å². The molecule has 1 aromatic carbocycles. The lowest BCUT2D eigenvalue weighted by molar-refractivity contribution is 0.776. The van der Waals surface area contributed by atoms with E-state index in [4.69, 9.17) is 11.0 Å². The molecule has 0 aliphatic heterocycles. The van der Waals surface area contributed by atoms with E-state index in [9.17, 15) is 0 Å². The number of nitrogens with two attached hydrogens (primary N) is 1. The van der Waals surface area contributed by atoms with E-state index in [1.807, 2.05) is 39.8 Å². The van der Waals surface area contributed by atoms with Crippen LogP contribution in [0.2, 0.25) is 0 Å². The Kier molecular flexibility index (Phi) is 4.08. The van der Waals surface area contributed by atoms with E-state index in [1.165, 1.54) is 0 Å². The normalized spacial score (nSPS) is 10.5. The van der Waals surface area contributed by atoms with Gasteiger partial charge >= 0.3 is 0 Å². The number of nitriles is 1. The summed E-state index contributed by atoms with van der Waals surface area (Å²) in [5, 5.41) is 12.3. The van der Waals surface area contributed by atoms with Gasteiger partial charge in [-0.1, -0.05) is 19.9 Å². The first-order valence-electron chi connectivity index (χ1n) is 6.84. The summed E-state index contributed by atoms with van der Waals surface area (Å²) in [5.74, 6) is 2.06. The Morgan fingerprint density at radius 1 is 1.24 bits per heavy atom. The summed E-state index contributed by atoms with van der Waals surface area (Å²) in [7, 11) is 0. The molecule has 0 saturated heterocycles. The van der Waals surface area contributed by atoms with Gasteiger partial charge in [-0.15, -0.1) is 0 Å². The van der Waals surface area contributed by atoms with Gasteiger partial charge in [0.2, 0.25) is 0 Å². The standard InChI is InChI=1S/C16H19N5/c1-9(2)15-20-14(18)11(4)16(21-15)19-13-7-12(8-17)6-5-10(13)3/h5-7,9H,1-4H3,(H3,18,19,20,21). The minimum absolute atomic E-state index is 0.194. The van der Waals surface area contributed by atoms with Crippen LogP contribution in [-0.4, -0.2) is 9.97 Å². The van der Waals surface area contributed by atoms with Gasteiger partial charge in [-0.05, 0) is 31.5 Å². The van der Waals surface area contributed by atoms with Crippen molar-refractivity contribution in [1.29, 1.82) is 5.26 Å². The third-order valence-electron chi connectivity index (χ3n) is 3.34. The van der Waals surface area contributed by atoms with E-state index >= 15 is 0 Å². The van der Waals surface area contributed by atoms with Gasteiger partial charge in [0.1, 0.15) is 17.5 Å². The third-order valence-corrected chi connectivity index (χ3v) is 3.34. The maximum absolute atomic E-state index is 9.01. The van der Waals surface area contributed by atoms with Crippen LogP contribution in [0.3, 0.4) is 0 Å². The van der Waals surface area contributed by atoms with Gasteiger partial charge in [-0.3, -0.25) is 0 Å². The van der Waals surface area contributed by atoms with Crippen molar-refractivity contribution in [3.05, 3.63) is 40.7 Å². The number of aryl methyl sites for hydroxylation is 1. The van der Waals surface area contributed by atoms with Crippen molar-refractivity contribution in [2.45, 2.75) is 33.6 Å². The summed E-state index contributed by atoms with van der Waals surface area (Å²) in [6.07, 6.45) is 0. The second-order valence-corrected chi connectivity index (χ2v) is 5.36. The van der Waals surface area contributed by atoms with Crippen molar-refractivity contribution in [1.82, 2.24) is 9.97 Å². The molecule has 0 aliphatic rings. The van der Waals surface area contributed by atoms with Gasteiger partial charge in [-0.25, -0.2) is 9.97 Å². The number of rotatable bonds is 3. The molecule has 5 heteroatoms. The van der Waals surface area contributed by atoms with E-state index in [-0.39, 0.29) is 5.92 Å². The molecule has 0 saturated carbocycles. The van der Waals surface area contributed by atoms with Crippen molar-refractivity contribution in [3.8, 4) is 6.07 Å². The molecule has 0 radical (unpaired) electrons. The molecule has 0 amide bonds. The molecule has 21 heavy (non-hydrogen) atoms. The molecule has 0 atom stereocenters. The summed E-state index contributed by atoms with van der Waals surface area (Å²) < 4.78 is 0. The minimum Gasteiger partial charge on any atom is -0.383 e. The first-order chi connectivity index (χ1) is 9.92. The second-order valence-electron chi connectivity index (χ2n) is 5.36. The van der Waals surface area contributed by atoms with Gasteiger partial charge in [0.15, 0.2) is 0 Å². The van der Waals surface area contributed by atoms with Crippen LogP contribution in [0, 0.1) is 25.2 Å². The first-order valence-corrected chi connectivity index (χ1v) is 6.84. The maximum Gasteiger partial charge on any atom is 0.139 e. The number of nitrogen functional groups attached to an aromatic ring is 1. The zero-order valence-corrected chi connectivity index (χ0v) is 12.7. The molecule has 108 valence electrons. The topological polar surface area (TPSA) is 87.6 Å². The SMILES string of the molecule is Cc1ccc(C#N)cc1Nc1nc(C(C)C)nc(N)c1C. The number of aromatic nitrogens is 2. The predicted molar refractivity (Wildman–Crippen MR) is 84.4 cm³/mol. The van der Waals surface area contributed by atoms with Crippen LogP contribution in [0.1, 0.15) is 42.3 Å². The van der Waals surface area contributed by atoms with Crippen molar-refractivity contribution >= 4 is 17.3 Å². The Balaban J connectivity index is 2.46. The largest absolute Gasteiger partial charge is 0.383 e. The number of benzene rings is 1. The van der Waals surface area contributed by atoms with Crippen molar-refractivity contribution in [2.75, 3.05) is 11.1 Å². The van der Waals surface area contributed by atoms with Crippen LogP contribution in [0.5, 0.6) is 0 Å². The fourth-order valence-corrected chi connectivity index (χ4v) is 1.89. The molecule has 5 nitrogen and oxygen atoms in total. The highest BCUT2D eigenvalue weighted by Crippen LogP contribution is 2.26. The molecule has 0 bridgehead atoms. The Morgan fingerprint density at radius 3 is 2.57 bits per heavy atom.